The van der Waals surface area contributed by atoms with Gasteiger partial charge in [-0.15, -0.1) is 12.4 Å². The minimum atomic E-state index is -3.73. The molecule has 2 atom stereocenters. The normalized spacial score (nSPS) is 23.5. The first-order chi connectivity index (χ1) is 12.9. The van der Waals surface area contributed by atoms with Crippen LogP contribution < -0.4 is 15.4 Å². The Morgan fingerprint density at radius 2 is 2.04 bits per heavy atom. The largest absolute Gasteiger partial charge is 0.495 e. The molecular formula is C18H28ClN3O5S. The number of amides is 1. The highest BCUT2D eigenvalue weighted by molar-refractivity contribution is 7.89. The Morgan fingerprint density at radius 3 is 2.68 bits per heavy atom. The smallest absolute Gasteiger partial charge is 0.246 e. The molecule has 3 rings (SSSR count). The molecule has 2 aliphatic rings. The van der Waals surface area contributed by atoms with Crippen molar-refractivity contribution in [3.8, 4) is 5.75 Å². The van der Waals surface area contributed by atoms with Crippen molar-refractivity contribution in [1.29, 1.82) is 0 Å². The summed E-state index contributed by atoms with van der Waals surface area (Å²) in [6.45, 7) is 4.19. The zero-order chi connectivity index (χ0) is 19.4. The number of sulfonamides is 1. The number of nitrogens with one attached hydrogen (secondary N) is 2. The molecule has 2 fully saturated rings. The number of carbonyl (C=O) groups excluding carboxylic acids is 1. The van der Waals surface area contributed by atoms with Crippen LogP contribution >= 0.6 is 12.4 Å². The van der Waals surface area contributed by atoms with Gasteiger partial charge >= 0.3 is 0 Å². The third kappa shape index (κ3) is 5.15. The SMILES string of the molecule is COc1ccc(NC(=O)[C@H]2CCN[C@@H](C)C2)cc1S(=O)(=O)N1CCOCC1.Cl. The lowest BCUT2D eigenvalue weighted by Crippen LogP contribution is -2.41. The lowest BCUT2D eigenvalue weighted by atomic mass is 9.92. The molecule has 28 heavy (non-hydrogen) atoms. The van der Waals surface area contributed by atoms with E-state index in [2.05, 4.69) is 17.6 Å². The van der Waals surface area contributed by atoms with Crippen molar-refractivity contribution in [2.45, 2.75) is 30.7 Å². The summed E-state index contributed by atoms with van der Waals surface area (Å²) in [4.78, 5) is 12.6. The second-order valence-corrected chi connectivity index (χ2v) is 8.85. The molecule has 0 unspecified atom stereocenters. The van der Waals surface area contributed by atoms with Crippen LogP contribution in [0.4, 0.5) is 5.69 Å². The van der Waals surface area contributed by atoms with E-state index in [1.807, 2.05) is 0 Å². The van der Waals surface area contributed by atoms with Crippen LogP contribution in [0.1, 0.15) is 19.8 Å². The Hall–Kier alpha value is -1.39. The monoisotopic (exact) mass is 433 g/mol. The summed E-state index contributed by atoms with van der Waals surface area (Å²) in [5.41, 5.74) is 0.457. The van der Waals surface area contributed by atoms with Crippen LogP contribution in [-0.4, -0.2) is 64.6 Å². The zero-order valence-electron chi connectivity index (χ0n) is 16.1. The maximum atomic E-state index is 13.0. The first kappa shape index (κ1) is 22.9. The van der Waals surface area contributed by atoms with Crippen LogP contribution in [0.15, 0.2) is 23.1 Å². The second-order valence-electron chi connectivity index (χ2n) is 6.95. The molecule has 2 heterocycles. The molecule has 1 amide bonds. The Bertz CT molecular complexity index is 783. The van der Waals surface area contributed by atoms with E-state index in [1.54, 1.807) is 12.1 Å². The van der Waals surface area contributed by atoms with Gasteiger partial charge in [-0.05, 0) is 44.5 Å². The lowest BCUT2D eigenvalue weighted by Gasteiger charge is -2.28. The van der Waals surface area contributed by atoms with E-state index in [4.69, 9.17) is 9.47 Å². The number of nitrogens with zero attached hydrogens (tertiary/aromatic N) is 1. The van der Waals surface area contributed by atoms with E-state index in [0.29, 0.717) is 38.0 Å². The zero-order valence-corrected chi connectivity index (χ0v) is 17.8. The van der Waals surface area contributed by atoms with Gasteiger partial charge in [0.25, 0.3) is 0 Å². The van der Waals surface area contributed by atoms with Gasteiger partial charge in [0.05, 0.1) is 20.3 Å². The van der Waals surface area contributed by atoms with Gasteiger partial charge in [-0.3, -0.25) is 4.79 Å². The molecule has 0 aromatic heterocycles. The molecule has 2 saturated heterocycles. The number of carbonyl (C=O) groups is 1. The Kier molecular flexibility index (Phi) is 8.08. The van der Waals surface area contributed by atoms with Gasteiger partial charge in [0.2, 0.25) is 15.9 Å². The molecule has 2 aliphatic heterocycles. The Morgan fingerprint density at radius 1 is 1.32 bits per heavy atom. The number of methoxy groups -OCH3 is 1. The number of piperidine rings is 1. The van der Waals surface area contributed by atoms with E-state index in [9.17, 15) is 13.2 Å². The number of morpholine rings is 1. The van der Waals surface area contributed by atoms with Crippen LogP contribution in [-0.2, 0) is 19.6 Å². The fraction of sp³-hybridized carbons (Fsp3) is 0.611. The van der Waals surface area contributed by atoms with Crippen molar-refractivity contribution >= 4 is 34.0 Å². The third-order valence-corrected chi connectivity index (χ3v) is 6.93. The molecule has 0 radical (unpaired) electrons. The van der Waals surface area contributed by atoms with Gasteiger partial charge in [0.1, 0.15) is 10.6 Å². The van der Waals surface area contributed by atoms with Gasteiger partial charge in [-0.2, -0.15) is 4.31 Å². The highest BCUT2D eigenvalue weighted by atomic mass is 35.5. The van der Waals surface area contributed by atoms with E-state index in [-0.39, 0.29) is 34.9 Å². The van der Waals surface area contributed by atoms with Crippen molar-refractivity contribution in [2.75, 3.05) is 45.3 Å². The van der Waals surface area contributed by atoms with Crippen LogP contribution in [0.2, 0.25) is 0 Å². The highest BCUT2D eigenvalue weighted by Crippen LogP contribution is 2.30. The number of hydrogen-bond donors (Lipinski definition) is 2. The molecule has 0 spiro atoms. The van der Waals surface area contributed by atoms with E-state index >= 15 is 0 Å². The quantitative estimate of drug-likeness (QED) is 0.729. The number of anilines is 1. The summed E-state index contributed by atoms with van der Waals surface area (Å²) in [6.07, 6.45) is 1.53. The van der Waals surface area contributed by atoms with Crippen molar-refractivity contribution in [3.63, 3.8) is 0 Å². The third-order valence-electron chi connectivity index (χ3n) is 5.01. The van der Waals surface area contributed by atoms with Crippen LogP contribution in [0.3, 0.4) is 0 Å². The van der Waals surface area contributed by atoms with Gasteiger partial charge in [-0.1, -0.05) is 0 Å². The fourth-order valence-corrected chi connectivity index (χ4v) is 5.09. The molecule has 158 valence electrons. The number of halogens is 1. The van der Waals surface area contributed by atoms with Gasteiger partial charge in [-0.25, -0.2) is 8.42 Å². The Balaban J connectivity index is 0.00000280. The fourth-order valence-electron chi connectivity index (χ4n) is 3.50. The van der Waals surface area contributed by atoms with Crippen LogP contribution in [0, 0.1) is 5.92 Å². The summed E-state index contributed by atoms with van der Waals surface area (Å²) < 4.78 is 37.9. The summed E-state index contributed by atoms with van der Waals surface area (Å²) in [7, 11) is -2.30. The molecule has 1 aromatic rings. The first-order valence-corrected chi connectivity index (χ1v) is 10.7. The summed E-state index contributed by atoms with van der Waals surface area (Å²) in [6, 6.07) is 5.02. The van der Waals surface area contributed by atoms with E-state index < -0.39 is 10.0 Å². The molecule has 2 N–H and O–H groups in total. The average molecular weight is 434 g/mol. The van der Waals surface area contributed by atoms with Crippen molar-refractivity contribution in [2.24, 2.45) is 5.92 Å². The number of hydrogen-bond acceptors (Lipinski definition) is 6. The molecule has 0 saturated carbocycles. The predicted octanol–water partition coefficient (Wildman–Crippen LogP) is 1.46. The molecule has 10 heteroatoms. The van der Waals surface area contributed by atoms with Crippen molar-refractivity contribution in [3.05, 3.63) is 18.2 Å². The Labute approximate surface area is 172 Å². The summed E-state index contributed by atoms with van der Waals surface area (Å²) in [5, 5.41) is 6.19. The summed E-state index contributed by atoms with van der Waals surface area (Å²) in [5.74, 6) is 0.0980. The number of benzene rings is 1. The minimum absolute atomic E-state index is 0. The molecule has 1 aromatic carbocycles. The molecular weight excluding hydrogens is 406 g/mol. The van der Waals surface area contributed by atoms with Gasteiger partial charge in [0.15, 0.2) is 0 Å². The topological polar surface area (TPSA) is 97.0 Å². The van der Waals surface area contributed by atoms with Crippen LogP contribution in [0.25, 0.3) is 0 Å². The average Bonchev–Trinajstić information content (AvgIpc) is 2.68. The number of ether oxygens (including phenoxy) is 2. The molecule has 0 aliphatic carbocycles. The minimum Gasteiger partial charge on any atom is -0.495 e. The molecule has 8 nitrogen and oxygen atoms in total. The van der Waals surface area contributed by atoms with Crippen molar-refractivity contribution in [1.82, 2.24) is 9.62 Å². The van der Waals surface area contributed by atoms with E-state index in [0.717, 1.165) is 19.4 Å². The van der Waals surface area contributed by atoms with Gasteiger partial charge < -0.3 is 20.1 Å². The number of rotatable bonds is 5. The first-order valence-electron chi connectivity index (χ1n) is 9.22. The standard InChI is InChI=1S/C18H27N3O5S.ClH/c1-13-11-14(5-6-19-13)18(22)20-15-3-4-16(25-2)17(12-15)27(23,24)21-7-9-26-10-8-21;/h3-4,12-14,19H,5-11H2,1-2H3,(H,20,22);1H/t13-,14-;/m0./s1. The maximum absolute atomic E-state index is 13.0. The lowest BCUT2D eigenvalue weighted by molar-refractivity contribution is -0.120. The van der Waals surface area contributed by atoms with E-state index in [1.165, 1.54) is 17.5 Å². The second kappa shape index (κ2) is 9.89. The van der Waals surface area contributed by atoms with Crippen LogP contribution in [0.5, 0.6) is 5.75 Å². The highest BCUT2D eigenvalue weighted by Gasteiger charge is 2.30. The molecule has 0 bridgehead atoms. The predicted molar refractivity (Wildman–Crippen MR) is 109 cm³/mol. The van der Waals surface area contributed by atoms with Crippen molar-refractivity contribution < 1.29 is 22.7 Å². The van der Waals surface area contributed by atoms with Gasteiger partial charge in [0, 0.05) is 30.7 Å². The summed E-state index contributed by atoms with van der Waals surface area (Å²) >= 11 is 0. The maximum Gasteiger partial charge on any atom is 0.246 e.